The maximum Gasteiger partial charge on any atom is 0.255 e. The highest BCUT2D eigenvalue weighted by molar-refractivity contribution is 6.00. The van der Waals surface area contributed by atoms with E-state index >= 15 is 0 Å². The molecule has 2 aromatic heterocycles. The summed E-state index contributed by atoms with van der Waals surface area (Å²) >= 11 is 0. The molecule has 1 aromatic carbocycles. The number of hydrogen-bond acceptors (Lipinski definition) is 6. The van der Waals surface area contributed by atoms with Crippen molar-refractivity contribution >= 4 is 22.8 Å². The van der Waals surface area contributed by atoms with E-state index in [1.807, 2.05) is 19.2 Å². The lowest BCUT2D eigenvalue weighted by atomic mass is 10.1. The molecule has 0 aliphatic carbocycles. The number of ether oxygens (including phenoxy) is 1. The van der Waals surface area contributed by atoms with Crippen molar-refractivity contribution in [3.63, 3.8) is 0 Å². The number of nitrogens with zero attached hydrogens (tertiary/aromatic N) is 5. The number of halogens is 1. The Labute approximate surface area is 209 Å². The van der Waals surface area contributed by atoms with Crippen LogP contribution >= 0.6 is 0 Å². The van der Waals surface area contributed by atoms with Crippen molar-refractivity contribution in [2.75, 3.05) is 32.6 Å². The maximum absolute atomic E-state index is 15.0. The van der Waals surface area contributed by atoms with Gasteiger partial charge in [0.2, 0.25) is 0 Å². The topological polar surface area (TPSA) is 103 Å². The molecule has 0 saturated carbocycles. The third-order valence-electron chi connectivity index (χ3n) is 6.89. The molecule has 0 spiro atoms. The number of allylic oxidation sites excluding steroid dienone is 1. The number of amides is 1. The van der Waals surface area contributed by atoms with Gasteiger partial charge in [-0.3, -0.25) is 4.79 Å². The van der Waals surface area contributed by atoms with Crippen LogP contribution in [0.5, 0.6) is 0 Å². The maximum atomic E-state index is 15.0. The van der Waals surface area contributed by atoms with Crippen LogP contribution in [-0.4, -0.2) is 63.5 Å². The first-order valence-corrected chi connectivity index (χ1v) is 12.1. The Morgan fingerprint density at radius 1 is 1.39 bits per heavy atom. The summed E-state index contributed by atoms with van der Waals surface area (Å²) in [6, 6.07) is 3.29. The molecule has 3 aromatic rings. The fourth-order valence-electron chi connectivity index (χ4n) is 5.34. The third kappa shape index (κ3) is 4.09. The fraction of sp³-hybridized carbons (Fsp3) is 0.423. The van der Waals surface area contributed by atoms with Crippen molar-refractivity contribution in [3.8, 4) is 11.8 Å². The largest absolute Gasteiger partial charge is 0.383 e. The molecule has 1 amide bonds. The summed E-state index contributed by atoms with van der Waals surface area (Å²) in [7, 11) is 3.40. The number of rotatable bonds is 6. The molecule has 9 nitrogen and oxygen atoms in total. The van der Waals surface area contributed by atoms with E-state index in [2.05, 4.69) is 36.7 Å². The van der Waals surface area contributed by atoms with Crippen LogP contribution in [0.25, 0.3) is 11.0 Å². The molecule has 1 fully saturated rings. The first-order valence-electron chi connectivity index (χ1n) is 12.1. The number of carbonyl (C=O) groups excluding carboxylic acids is 1. The molecule has 5 rings (SSSR count). The SMILES string of the molecule is CC=CN1C[C@@H](n2nc(C#Cc3cc4nc5n(c4cc3F)CCC5)c(C(N)=O)c2NC)C[C@@H]1COC. The number of carbonyl (C=O) groups is 1. The zero-order chi connectivity index (χ0) is 25.4. The quantitative estimate of drug-likeness (QED) is 0.514. The summed E-state index contributed by atoms with van der Waals surface area (Å²) in [6.07, 6.45) is 6.70. The van der Waals surface area contributed by atoms with Crippen LogP contribution in [0.3, 0.4) is 0 Å². The van der Waals surface area contributed by atoms with Crippen LogP contribution in [-0.2, 0) is 17.7 Å². The summed E-state index contributed by atoms with van der Waals surface area (Å²) in [5.74, 6) is 6.17. The molecule has 3 N–H and O–H groups in total. The summed E-state index contributed by atoms with van der Waals surface area (Å²) < 4.78 is 24.2. The van der Waals surface area contributed by atoms with Crippen LogP contribution in [0.1, 0.15) is 53.2 Å². The average Bonchev–Trinajstić information content (AvgIpc) is 3.61. The zero-order valence-electron chi connectivity index (χ0n) is 20.7. The third-order valence-corrected chi connectivity index (χ3v) is 6.89. The van der Waals surface area contributed by atoms with E-state index in [9.17, 15) is 9.18 Å². The second-order valence-corrected chi connectivity index (χ2v) is 9.16. The lowest BCUT2D eigenvalue weighted by Crippen LogP contribution is -2.28. The Bertz CT molecular complexity index is 1410. The highest BCUT2D eigenvalue weighted by Gasteiger charge is 2.34. The van der Waals surface area contributed by atoms with Crippen LogP contribution in [0.2, 0.25) is 0 Å². The Morgan fingerprint density at radius 2 is 2.22 bits per heavy atom. The number of benzene rings is 1. The van der Waals surface area contributed by atoms with Crippen molar-refractivity contribution in [2.24, 2.45) is 5.73 Å². The van der Waals surface area contributed by atoms with Crippen molar-refractivity contribution in [1.82, 2.24) is 24.2 Å². The zero-order valence-corrected chi connectivity index (χ0v) is 20.7. The van der Waals surface area contributed by atoms with E-state index < -0.39 is 11.7 Å². The van der Waals surface area contributed by atoms with E-state index in [0.29, 0.717) is 24.5 Å². The van der Waals surface area contributed by atoms with Gasteiger partial charge in [0, 0.05) is 39.7 Å². The average molecular weight is 492 g/mol. The van der Waals surface area contributed by atoms with Gasteiger partial charge in [0.15, 0.2) is 5.69 Å². The van der Waals surface area contributed by atoms with Crippen LogP contribution in [0, 0.1) is 17.7 Å². The summed E-state index contributed by atoms with van der Waals surface area (Å²) in [4.78, 5) is 19.3. The number of aryl methyl sites for hydroxylation is 2. The van der Waals surface area contributed by atoms with Gasteiger partial charge in [-0.05, 0) is 38.0 Å². The van der Waals surface area contributed by atoms with E-state index in [1.165, 1.54) is 6.07 Å². The predicted octanol–water partition coefficient (Wildman–Crippen LogP) is 2.65. The van der Waals surface area contributed by atoms with Crippen LogP contribution in [0.4, 0.5) is 10.2 Å². The minimum absolute atomic E-state index is 0.0292. The predicted molar refractivity (Wildman–Crippen MR) is 135 cm³/mol. The van der Waals surface area contributed by atoms with Crippen molar-refractivity contribution in [2.45, 2.75) is 44.8 Å². The van der Waals surface area contributed by atoms with Gasteiger partial charge in [0.05, 0.1) is 35.3 Å². The number of fused-ring (bicyclic) bond motifs is 3. The lowest BCUT2D eigenvalue weighted by Gasteiger charge is -2.21. The molecule has 4 heterocycles. The number of hydrogen-bond donors (Lipinski definition) is 2. The highest BCUT2D eigenvalue weighted by atomic mass is 19.1. The van der Waals surface area contributed by atoms with Crippen LogP contribution in [0.15, 0.2) is 24.4 Å². The first kappa shape index (κ1) is 23.9. The number of imidazole rings is 1. The standard InChI is InChI=1S/C26H30FN7O2/c1-4-9-32-14-17(12-18(32)15-36-3)34-26(29-2)24(25(28)35)20(31-34)8-7-16-11-21-22(13-19(16)27)33-10-5-6-23(33)30-21/h4,9,11,13,17-18,29H,5-6,10,12,14-15H2,1-3H3,(H2,28,35)/t17-,18+/m0/s1. The Balaban J connectivity index is 1.52. The monoisotopic (exact) mass is 491 g/mol. The molecule has 1 saturated heterocycles. The summed E-state index contributed by atoms with van der Waals surface area (Å²) in [5.41, 5.74) is 7.85. The molecule has 0 unspecified atom stereocenters. The van der Waals surface area contributed by atoms with E-state index in [4.69, 9.17) is 10.5 Å². The molecule has 36 heavy (non-hydrogen) atoms. The molecule has 188 valence electrons. The fourth-order valence-corrected chi connectivity index (χ4v) is 5.34. The van der Waals surface area contributed by atoms with Crippen molar-refractivity contribution in [3.05, 3.63) is 52.9 Å². The number of primary amides is 1. The second-order valence-electron chi connectivity index (χ2n) is 9.16. The van der Waals surface area contributed by atoms with E-state index in [1.54, 1.807) is 24.9 Å². The van der Waals surface area contributed by atoms with Gasteiger partial charge in [0.25, 0.3) is 5.91 Å². The summed E-state index contributed by atoms with van der Waals surface area (Å²) in [5, 5.41) is 7.74. The highest BCUT2D eigenvalue weighted by Crippen LogP contribution is 2.32. The first-order chi connectivity index (χ1) is 17.4. The lowest BCUT2D eigenvalue weighted by molar-refractivity contribution is 0.100. The Hall–Kier alpha value is -3.84. The van der Waals surface area contributed by atoms with E-state index in [-0.39, 0.29) is 28.9 Å². The minimum Gasteiger partial charge on any atom is -0.383 e. The molecule has 2 aliphatic heterocycles. The van der Waals surface area contributed by atoms with Crippen LogP contribution < -0.4 is 11.1 Å². The molecule has 10 heteroatoms. The molecule has 2 atom stereocenters. The molecule has 0 radical (unpaired) electrons. The van der Waals surface area contributed by atoms with E-state index in [0.717, 1.165) is 37.1 Å². The number of nitrogens with two attached hydrogens (primary N) is 1. The smallest absolute Gasteiger partial charge is 0.255 e. The minimum atomic E-state index is -0.645. The van der Waals surface area contributed by atoms with Gasteiger partial charge in [-0.2, -0.15) is 5.10 Å². The molecule has 0 bridgehead atoms. The molecular weight excluding hydrogens is 461 g/mol. The number of likely N-dealkylation sites (tertiary alicyclic amines) is 1. The number of anilines is 1. The van der Waals surface area contributed by atoms with Gasteiger partial charge in [-0.25, -0.2) is 14.1 Å². The number of aromatic nitrogens is 4. The number of methoxy groups -OCH3 is 1. The Morgan fingerprint density at radius 3 is 2.94 bits per heavy atom. The molecule has 2 aliphatic rings. The van der Waals surface area contributed by atoms with Gasteiger partial charge in [-0.15, -0.1) is 0 Å². The van der Waals surface area contributed by atoms with Gasteiger partial charge in [0.1, 0.15) is 23.0 Å². The Kier molecular flexibility index (Phi) is 6.41. The van der Waals surface area contributed by atoms with Gasteiger partial charge in [-0.1, -0.05) is 12.0 Å². The van der Waals surface area contributed by atoms with Gasteiger partial charge < -0.3 is 25.3 Å². The normalized spacial score (nSPS) is 19.2. The number of nitrogens with one attached hydrogen (secondary N) is 1. The molecular formula is C26H30FN7O2. The van der Waals surface area contributed by atoms with Gasteiger partial charge >= 0.3 is 0 Å². The summed E-state index contributed by atoms with van der Waals surface area (Å²) in [6.45, 7) is 4.08. The van der Waals surface area contributed by atoms with Crippen molar-refractivity contribution in [1.29, 1.82) is 0 Å². The van der Waals surface area contributed by atoms with Crippen molar-refractivity contribution < 1.29 is 13.9 Å². The second kappa shape index (κ2) is 9.66.